The molecule has 0 radical (unpaired) electrons. The Morgan fingerprint density at radius 2 is 1.71 bits per heavy atom. The zero-order chi connectivity index (χ0) is 15.8. The van der Waals surface area contributed by atoms with Gasteiger partial charge in [0.2, 0.25) is 0 Å². The van der Waals surface area contributed by atoms with E-state index in [0.29, 0.717) is 5.92 Å². The van der Waals surface area contributed by atoms with Crippen LogP contribution in [0.4, 0.5) is 11.6 Å². The van der Waals surface area contributed by atoms with Crippen molar-refractivity contribution in [2.45, 2.75) is 58.7 Å². The number of hydrogen-bond acceptors (Lipinski definition) is 5. The lowest BCUT2D eigenvalue weighted by Gasteiger charge is -2.47. The van der Waals surface area contributed by atoms with Crippen LogP contribution in [-0.4, -0.2) is 41.3 Å². The number of nitrogens with one attached hydrogen (secondary N) is 1. The lowest BCUT2D eigenvalue weighted by atomic mass is 9.99. The minimum absolute atomic E-state index is 0.190. The first-order valence-corrected chi connectivity index (χ1v) is 7.64. The topological polar surface area (TPSA) is 50.3 Å². The summed E-state index contributed by atoms with van der Waals surface area (Å²) in [6.45, 7) is 14.4. The highest BCUT2D eigenvalue weighted by Crippen LogP contribution is 2.31. The van der Waals surface area contributed by atoms with Gasteiger partial charge in [0.1, 0.15) is 17.5 Å². The molecular weight excluding hydrogens is 264 g/mol. The standard InChI is InChI=1S/C16H28N4O/c1-11(2)14-18-12(17-7)8-13(19-14)20-9-15(3,4)21-16(5,6)10-20/h8,11H,9-10H2,1-7H3,(H,17,18,19). The summed E-state index contributed by atoms with van der Waals surface area (Å²) in [7, 11) is 1.89. The van der Waals surface area contributed by atoms with Gasteiger partial charge in [0, 0.05) is 32.1 Å². The van der Waals surface area contributed by atoms with Crippen molar-refractivity contribution in [3.63, 3.8) is 0 Å². The van der Waals surface area contributed by atoms with Crippen LogP contribution >= 0.6 is 0 Å². The van der Waals surface area contributed by atoms with Gasteiger partial charge in [-0.25, -0.2) is 9.97 Å². The Balaban J connectivity index is 2.38. The van der Waals surface area contributed by atoms with Crippen LogP contribution in [0.5, 0.6) is 0 Å². The lowest BCUT2D eigenvalue weighted by Crippen LogP contribution is -2.57. The summed E-state index contributed by atoms with van der Waals surface area (Å²) in [5, 5.41) is 3.13. The molecule has 1 aliphatic rings. The van der Waals surface area contributed by atoms with Crippen molar-refractivity contribution in [2.75, 3.05) is 30.4 Å². The van der Waals surface area contributed by atoms with Crippen molar-refractivity contribution in [2.24, 2.45) is 0 Å². The maximum Gasteiger partial charge on any atom is 0.135 e. The van der Waals surface area contributed by atoms with Crippen LogP contribution in [-0.2, 0) is 4.74 Å². The van der Waals surface area contributed by atoms with E-state index < -0.39 is 0 Å². The average molecular weight is 292 g/mol. The Labute approximate surface area is 128 Å². The molecule has 0 aromatic carbocycles. The Morgan fingerprint density at radius 3 is 2.19 bits per heavy atom. The molecule has 1 aromatic rings. The molecule has 0 saturated carbocycles. The van der Waals surface area contributed by atoms with Gasteiger partial charge in [-0.1, -0.05) is 13.8 Å². The van der Waals surface area contributed by atoms with Gasteiger partial charge < -0.3 is 15.0 Å². The molecule has 1 saturated heterocycles. The van der Waals surface area contributed by atoms with Gasteiger partial charge >= 0.3 is 0 Å². The summed E-state index contributed by atoms with van der Waals surface area (Å²) >= 11 is 0. The van der Waals surface area contributed by atoms with E-state index in [1.54, 1.807) is 0 Å². The average Bonchev–Trinajstić information content (AvgIpc) is 2.34. The van der Waals surface area contributed by atoms with Gasteiger partial charge in [0.05, 0.1) is 11.2 Å². The fourth-order valence-corrected chi connectivity index (χ4v) is 2.95. The van der Waals surface area contributed by atoms with E-state index in [-0.39, 0.29) is 11.2 Å². The highest BCUT2D eigenvalue weighted by Gasteiger charge is 2.38. The SMILES string of the molecule is CNc1cc(N2CC(C)(C)OC(C)(C)C2)nc(C(C)C)n1. The van der Waals surface area contributed by atoms with E-state index in [1.165, 1.54) is 0 Å². The van der Waals surface area contributed by atoms with Crippen molar-refractivity contribution in [1.82, 2.24) is 9.97 Å². The summed E-state index contributed by atoms with van der Waals surface area (Å²) in [6, 6.07) is 2.02. The second kappa shape index (κ2) is 5.44. The van der Waals surface area contributed by atoms with Crippen molar-refractivity contribution < 1.29 is 4.74 Å². The van der Waals surface area contributed by atoms with Crippen LogP contribution in [0.1, 0.15) is 53.3 Å². The minimum Gasteiger partial charge on any atom is -0.373 e. The molecule has 1 N–H and O–H groups in total. The largest absolute Gasteiger partial charge is 0.373 e. The Kier molecular flexibility index (Phi) is 4.15. The van der Waals surface area contributed by atoms with E-state index in [0.717, 1.165) is 30.5 Å². The first-order chi connectivity index (χ1) is 9.62. The molecule has 0 aliphatic carbocycles. The molecule has 5 heteroatoms. The number of rotatable bonds is 3. The van der Waals surface area contributed by atoms with Gasteiger partial charge in [0.25, 0.3) is 0 Å². The van der Waals surface area contributed by atoms with E-state index in [1.807, 2.05) is 13.1 Å². The normalized spacial score (nSPS) is 20.7. The zero-order valence-electron chi connectivity index (χ0n) is 14.3. The smallest absolute Gasteiger partial charge is 0.135 e. The van der Waals surface area contributed by atoms with Gasteiger partial charge in [-0.15, -0.1) is 0 Å². The summed E-state index contributed by atoms with van der Waals surface area (Å²) in [6.07, 6.45) is 0. The van der Waals surface area contributed by atoms with E-state index in [2.05, 4.69) is 56.7 Å². The van der Waals surface area contributed by atoms with Gasteiger partial charge in [-0.2, -0.15) is 0 Å². The molecule has 1 fully saturated rings. The van der Waals surface area contributed by atoms with Gasteiger partial charge in [-0.05, 0) is 27.7 Å². The lowest BCUT2D eigenvalue weighted by molar-refractivity contribution is -0.133. The quantitative estimate of drug-likeness (QED) is 0.928. The number of morpholine rings is 1. The van der Waals surface area contributed by atoms with Crippen LogP contribution in [0.3, 0.4) is 0 Å². The molecular formula is C16H28N4O. The highest BCUT2D eigenvalue weighted by atomic mass is 16.5. The summed E-state index contributed by atoms with van der Waals surface area (Å²) in [5.41, 5.74) is -0.380. The van der Waals surface area contributed by atoms with Gasteiger partial charge in [0.15, 0.2) is 0 Å². The molecule has 2 heterocycles. The fourth-order valence-electron chi connectivity index (χ4n) is 2.95. The third kappa shape index (κ3) is 3.84. The Morgan fingerprint density at radius 1 is 1.14 bits per heavy atom. The highest BCUT2D eigenvalue weighted by molar-refractivity contribution is 5.50. The first-order valence-electron chi connectivity index (χ1n) is 7.64. The Hall–Kier alpha value is -1.36. The molecule has 118 valence electrons. The molecule has 2 rings (SSSR count). The van der Waals surface area contributed by atoms with Crippen LogP contribution in [0, 0.1) is 0 Å². The minimum atomic E-state index is -0.190. The molecule has 0 unspecified atom stereocenters. The number of anilines is 2. The van der Waals surface area contributed by atoms with Crippen LogP contribution < -0.4 is 10.2 Å². The van der Waals surface area contributed by atoms with Crippen molar-refractivity contribution in [1.29, 1.82) is 0 Å². The number of hydrogen-bond donors (Lipinski definition) is 1. The molecule has 0 atom stereocenters. The second-order valence-corrected chi connectivity index (χ2v) is 7.35. The van der Waals surface area contributed by atoms with Crippen LogP contribution in [0.25, 0.3) is 0 Å². The number of nitrogens with zero attached hydrogens (tertiary/aromatic N) is 3. The maximum atomic E-state index is 6.15. The monoisotopic (exact) mass is 292 g/mol. The third-order valence-electron chi connectivity index (χ3n) is 3.52. The molecule has 21 heavy (non-hydrogen) atoms. The molecule has 0 bridgehead atoms. The fraction of sp³-hybridized carbons (Fsp3) is 0.750. The van der Waals surface area contributed by atoms with Gasteiger partial charge in [-0.3, -0.25) is 0 Å². The predicted octanol–water partition coefficient (Wildman–Crippen LogP) is 3.04. The third-order valence-corrected chi connectivity index (χ3v) is 3.52. The zero-order valence-corrected chi connectivity index (χ0v) is 14.3. The predicted molar refractivity (Wildman–Crippen MR) is 87.1 cm³/mol. The van der Waals surface area contributed by atoms with Crippen molar-refractivity contribution >= 4 is 11.6 Å². The molecule has 0 amide bonds. The van der Waals surface area contributed by atoms with E-state index in [4.69, 9.17) is 9.72 Å². The molecule has 5 nitrogen and oxygen atoms in total. The molecule has 1 aliphatic heterocycles. The molecule has 1 aromatic heterocycles. The second-order valence-electron chi connectivity index (χ2n) is 7.35. The van der Waals surface area contributed by atoms with E-state index >= 15 is 0 Å². The van der Waals surface area contributed by atoms with Crippen LogP contribution in [0.2, 0.25) is 0 Å². The number of aromatic nitrogens is 2. The summed E-state index contributed by atoms with van der Waals surface area (Å²) in [4.78, 5) is 11.6. The maximum absolute atomic E-state index is 6.15. The number of ether oxygens (including phenoxy) is 1. The first kappa shape index (κ1) is 16.0. The van der Waals surface area contributed by atoms with E-state index in [9.17, 15) is 0 Å². The summed E-state index contributed by atoms with van der Waals surface area (Å²) < 4.78 is 6.15. The Bertz CT molecular complexity index is 495. The van der Waals surface area contributed by atoms with Crippen molar-refractivity contribution in [3.05, 3.63) is 11.9 Å². The summed E-state index contributed by atoms with van der Waals surface area (Å²) in [5.74, 6) is 3.02. The molecule has 0 spiro atoms. The van der Waals surface area contributed by atoms with Crippen LogP contribution in [0.15, 0.2) is 6.07 Å². The van der Waals surface area contributed by atoms with Crippen molar-refractivity contribution in [3.8, 4) is 0 Å².